The van der Waals surface area contributed by atoms with Crippen LogP contribution >= 0.6 is 0 Å². The van der Waals surface area contributed by atoms with Gasteiger partial charge in [0.1, 0.15) is 11.5 Å². The molecule has 2 fully saturated rings. The molecule has 0 bridgehead atoms. The van der Waals surface area contributed by atoms with Gasteiger partial charge in [-0.1, -0.05) is 12.1 Å². The summed E-state index contributed by atoms with van der Waals surface area (Å²) in [6.07, 6.45) is 2.31. The summed E-state index contributed by atoms with van der Waals surface area (Å²) in [5.41, 5.74) is 1.13. The van der Waals surface area contributed by atoms with Crippen LogP contribution in [0.5, 0.6) is 5.75 Å². The van der Waals surface area contributed by atoms with Gasteiger partial charge in [-0.05, 0) is 43.9 Å². The topological polar surface area (TPSA) is 114 Å². The van der Waals surface area contributed by atoms with Gasteiger partial charge in [-0.15, -0.1) is 0 Å². The maximum Gasteiger partial charge on any atom is 0.267 e. The van der Waals surface area contributed by atoms with Crippen molar-refractivity contribution in [3.05, 3.63) is 29.8 Å². The van der Waals surface area contributed by atoms with E-state index in [0.717, 1.165) is 24.2 Å². The average Bonchev–Trinajstić information content (AvgIpc) is 3.18. The smallest absolute Gasteiger partial charge is 0.267 e. The number of sulfone groups is 1. The van der Waals surface area contributed by atoms with E-state index >= 15 is 0 Å². The van der Waals surface area contributed by atoms with Crippen molar-refractivity contribution in [2.45, 2.75) is 50.5 Å². The van der Waals surface area contributed by atoms with Crippen molar-refractivity contribution in [2.75, 3.05) is 37.9 Å². The molecule has 1 atom stereocenters. The quantitative estimate of drug-likeness (QED) is 0.635. The highest BCUT2D eigenvalue weighted by Gasteiger charge is 2.38. The molecule has 9 nitrogen and oxygen atoms in total. The Kier molecular flexibility index (Phi) is 7.04. The molecule has 10 heteroatoms. The molecule has 1 unspecified atom stereocenters. The lowest BCUT2D eigenvalue weighted by Gasteiger charge is -2.38. The van der Waals surface area contributed by atoms with Gasteiger partial charge < -0.3 is 14.8 Å². The highest BCUT2D eigenvalue weighted by atomic mass is 32.2. The van der Waals surface area contributed by atoms with Gasteiger partial charge >= 0.3 is 0 Å². The first-order valence-corrected chi connectivity index (χ1v) is 13.3. The summed E-state index contributed by atoms with van der Waals surface area (Å²) < 4.78 is 34.8. The summed E-state index contributed by atoms with van der Waals surface area (Å²) in [7, 11) is -3.16. The van der Waals surface area contributed by atoms with Crippen molar-refractivity contribution >= 4 is 27.4 Å². The van der Waals surface area contributed by atoms with Crippen molar-refractivity contribution < 1.29 is 27.5 Å². The largest absolute Gasteiger partial charge is 0.494 e. The lowest BCUT2D eigenvalue weighted by atomic mass is 9.74. The summed E-state index contributed by atoms with van der Waals surface area (Å²) in [6.45, 7) is 4.19. The molecule has 0 radical (unpaired) electrons. The third kappa shape index (κ3) is 5.38. The minimum Gasteiger partial charge on any atom is -0.494 e. The third-order valence-electron chi connectivity index (χ3n) is 6.69. The lowest BCUT2D eigenvalue weighted by Crippen LogP contribution is -2.48. The molecule has 1 aromatic carbocycles. The van der Waals surface area contributed by atoms with E-state index in [1.54, 1.807) is 0 Å². The number of carbonyl (C=O) groups is 2. The van der Waals surface area contributed by atoms with Crippen molar-refractivity contribution in [1.82, 2.24) is 10.3 Å². The van der Waals surface area contributed by atoms with Crippen LogP contribution in [0.2, 0.25) is 0 Å². The Morgan fingerprint density at radius 3 is 2.61 bits per heavy atom. The van der Waals surface area contributed by atoms with Gasteiger partial charge in [0.05, 0.1) is 24.2 Å². The number of hydrogen-bond acceptors (Lipinski definition) is 7. The number of rotatable bonds is 7. The van der Waals surface area contributed by atoms with E-state index in [9.17, 15) is 18.0 Å². The minimum atomic E-state index is -3.16. The number of hydrazone groups is 1. The summed E-state index contributed by atoms with van der Waals surface area (Å²) >= 11 is 0. The molecule has 1 aromatic rings. The molecule has 0 aromatic heterocycles. The normalized spacial score (nSPS) is 24.3. The van der Waals surface area contributed by atoms with Crippen LogP contribution in [-0.4, -0.2) is 74.9 Å². The van der Waals surface area contributed by atoms with Crippen molar-refractivity contribution in [1.29, 1.82) is 0 Å². The van der Waals surface area contributed by atoms with E-state index in [0.29, 0.717) is 32.8 Å². The van der Waals surface area contributed by atoms with E-state index in [4.69, 9.17) is 9.47 Å². The Labute approximate surface area is 194 Å². The fourth-order valence-corrected chi connectivity index (χ4v) is 6.43. The lowest BCUT2D eigenvalue weighted by molar-refractivity contribution is -0.133. The summed E-state index contributed by atoms with van der Waals surface area (Å²) in [5, 5.41) is 8.54. The molecule has 2 amide bonds. The summed E-state index contributed by atoms with van der Waals surface area (Å²) in [5.74, 6) is 0.209. The fourth-order valence-electron chi connectivity index (χ4n) is 4.74. The Balaban J connectivity index is 1.47. The van der Waals surface area contributed by atoms with Crippen LogP contribution in [0.15, 0.2) is 29.4 Å². The van der Waals surface area contributed by atoms with Gasteiger partial charge in [-0.3, -0.25) is 9.59 Å². The Morgan fingerprint density at radius 2 is 1.97 bits per heavy atom. The zero-order chi connectivity index (χ0) is 23.5. The predicted molar refractivity (Wildman–Crippen MR) is 123 cm³/mol. The number of nitrogens with one attached hydrogen (secondary N) is 1. The Hall–Kier alpha value is -2.46. The van der Waals surface area contributed by atoms with E-state index in [2.05, 4.69) is 10.4 Å². The number of nitrogens with zero attached hydrogens (tertiary/aromatic N) is 2. The van der Waals surface area contributed by atoms with Crippen LogP contribution in [0.25, 0.3) is 0 Å². The van der Waals surface area contributed by atoms with Gasteiger partial charge in [0.15, 0.2) is 9.84 Å². The Morgan fingerprint density at radius 1 is 1.24 bits per heavy atom. The van der Waals surface area contributed by atoms with Crippen LogP contribution in [-0.2, 0) is 29.6 Å². The second-order valence-corrected chi connectivity index (χ2v) is 11.1. The first kappa shape index (κ1) is 23.7. The molecule has 0 aliphatic carbocycles. The second-order valence-electron chi connectivity index (χ2n) is 8.87. The molecular formula is C23H31N3O6S. The first-order chi connectivity index (χ1) is 15.8. The molecule has 4 rings (SSSR count). The van der Waals surface area contributed by atoms with Gasteiger partial charge in [0.2, 0.25) is 5.91 Å². The van der Waals surface area contributed by atoms with Crippen LogP contribution in [0.4, 0.5) is 0 Å². The fraction of sp³-hybridized carbons (Fsp3) is 0.609. The molecule has 3 aliphatic heterocycles. The Bertz CT molecular complexity index is 1020. The number of hydrogen-bond donors (Lipinski definition) is 1. The van der Waals surface area contributed by atoms with Gasteiger partial charge in [-0.25, -0.2) is 13.4 Å². The maximum absolute atomic E-state index is 13.0. The molecular weight excluding hydrogens is 446 g/mol. The van der Waals surface area contributed by atoms with Crippen LogP contribution < -0.4 is 10.1 Å². The SMILES string of the molecule is CCOc1ccc(C2(CNC(=O)C3=NN(C4CCS(=O)(=O)C4)C(=O)CC3)CCOCC2)cc1. The predicted octanol–water partition coefficient (Wildman–Crippen LogP) is 1.42. The highest BCUT2D eigenvalue weighted by molar-refractivity contribution is 7.91. The number of ether oxygens (including phenoxy) is 2. The first-order valence-electron chi connectivity index (χ1n) is 11.5. The van der Waals surface area contributed by atoms with Crippen LogP contribution in [0, 0.1) is 0 Å². The molecule has 1 N–H and O–H groups in total. The second kappa shape index (κ2) is 9.80. The monoisotopic (exact) mass is 477 g/mol. The molecule has 33 heavy (non-hydrogen) atoms. The molecule has 180 valence electrons. The zero-order valence-electron chi connectivity index (χ0n) is 18.9. The van der Waals surface area contributed by atoms with Crippen molar-refractivity contribution in [3.8, 4) is 5.75 Å². The zero-order valence-corrected chi connectivity index (χ0v) is 19.7. The van der Waals surface area contributed by atoms with Crippen molar-refractivity contribution in [3.63, 3.8) is 0 Å². The van der Waals surface area contributed by atoms with E-state index in [-0.39, 0.29) is 47.3 Å². The molecule has 3 heterocycles. The molecule has 0 spiro atoms. The maximum atomic E-state index is 13.0. The van der Waals surface area contributed by atoms with E-state index in [1.807, 2.05) is 31.2 Å². The third-order valence-corrected chi connectivity index (χ3v) is 8.44. The molecule has 3 aliphatic rings. The van der Waals surface area contributed by atoms with Crippen molar-refractivity contribution in [2.24, 2.45) is 5.10 Å². The standard InChI is InChI=1S/C23H31N3O6S/c1-2-32-19-5-3-17(4-6-19)23(10-12-31-13-11-23)16-24-22(28)20-7-8-21(27)26(25-20)18-9-14-33(29,30)15-18/h3-6,18H,2,7-16H2,1H3,(H,24,28). The van der Waals surface area contributed by atoms with Crippen LogP contribution in [0.1, 0.15) is 44.6 Å². The average molecular weight is 478 g/mol. The summed E-state index contributed by atoms with van der Waals surface area (Å²) in [4.78, 5) is 25.3. The van der Waals surface area contributed by atoms with Gasteiger partial charge in [0.25, 0.3) is 5.91 Å². The summed E-state index contributed by atoms with van der Waals surface area (Å²) in [6, 6.07) is 7.49. The van der Waals surface area contributed by atoms with E-state index in [1.165, 1.54) is 5.01 Å². The number of amides is 2. The van der Waals surface area contributed by atoms with Crippen LogP contribution in [0.3, 0.4) is 0 Å². The number of carbonyl (C=O) groups excluding carboxylic acids is 2. The minimum absolute atomic E-state index is 0.0468. The van der Waals surface area contributed by atoms with Gasteiger partial charge in [0, 0.05) is 38.0 Å². The number of benzene rings is 1. The molecule has 2 saturated heterocycles. The molecule has 0 saturated carbocycles. The highest BCUT2D eigenvalue weighted by Crippen LogP contribution is 2.35. The van der Waals surface area contributed by atoms with Gasteiger partial charge in [-0.2, -0.15) is 5.10 Å². The van der Waals surface area contributed by atoms with E-state index < -0.39 is 15.9 Å².